The van der Waals surface area contributed by atoms with E-state index in [9.17, 15) is 14.4 Å². The molecule has 1 atom stereocenters. The van der Waals surface area contributed by atoms with Gasteiger partial charge < -0.3 is 14.9 Å². The van der Waals surface area contributed by atoms with Crippen molar-refractivity contribution in [3.8, 4) is 0 Å². The Balaban J connectivity index is 2.01. The van der Waals surface area contributed by atoms with Crippen molar-refractivity contribution in [1.82, 2.24) is 4.57 Å². The summed E-state index contributed by atoms with van der Waals surface area (Å²) in [5.74, 6) is -1.19. The van der Waals surface area contributed by atoms with E-state index in [4.69, 9.17) is 14.9 Å². The number of hydrogen-bond donors (Lipinski definition) is 1. The SMILES string of the molecule is Cn1c(=O)oc2cc(N3CC(C(N)=O)OC3=O)ccc21. The van der Waals surface area contributed by atoms with E-state index in [-0.39, 0.29) is 6.54 Å². The van der Waals surface area contributed by atoms with Gasteiger partial charge in [-0.15, -0.1) is 0 Å². The molecule has 2 amide bonds. The monoisotopic (exact) mass is 277 g/mol. The maximum absolute atomic E-state index is 11.7. The van der Waals surface area contributed by atoms with Crippen molar-refractivity contribution >= 4 is 28.8 Å². The summed E-state index contributed by atoms with van der Waals surface area (Å²) in [6, 6.07) is 4.84. The summed E-state index contributed by atoms with van der Waals surface area (Å²) in [5, 5.41) is 0. The molecule has 0 saturated carbocycles. The Morgan fingerprint density at radius 1 is 1.40 bits per heavy atom. The molecular weight excluding hydrogens is 266 g/mol. The van der Waals surface area contributed by atoms with E-state index in [1.54, 1.807) is 25.2 Å². The third-order valence-electron chi connectivity index (χ3n) is 3.22. The highest BCUT2D eigenvalue weighted by Gasteiger charge is 2.35. The fraction of sp³-hybridized carbons (Fsp3) is 0.250. The number of hydrogen-bond acceptors (Lipinski definition) is 5. The minimum Gasteiger partial charge on any atom is -0.434 e. The highest BCUT2D eigenvalue weighted by atomic mass is 16.6. The average Bonchev–Trinajstić information content (AvgIpc) is 2.91. The van der Waals surface area contributed by atoms with Crippen LogP contribution < -0.4 is 16.4 Å². The number of rotatable bonds is 2. The number of cyclic esters (lactones) is 1. The Kier molecular flexibility index (Phi) is 2.53. The van der Waals surface area contributed by atoms with Crippen LogP contribution in [0.3, 0.4) is 0 Å². The van der Waals surface area contributed by atoms with Crippen LogP contribution in [-0.4, -0.2) is 29.2 Å². The lowest BCUT2D eigenvalue weighted by atomic mass is 10.2. The lowest BCUT2D eigenvalue weighted by Gasteiger charge is -2.12. The summed E-state index contributed by atoms with van der Waals surface area (Å²) < 4.78 is 11.2. The average molecular weight is 277 g/mol. The van der Waals surface area contributed by atoms with E-state index < -0.39 is 23.9 Å². The summed E-state index contributed by atoms with van der Waals surface area (Å²) in [4.78, 5) is 35.4. The smallest absolute Gasteiger partial charge is 0.419 e. The number of carbonyl (C=O) groups is 2. The second kappa shape index (κ2) is 4.12. The molecule has 1 aliphatic heterocycles. The molecule has 20 heavy (non-hydrogen) atoms. The van der Waals surface area contributed by atoms with Gasteiger partial charge in [0.2, 0.25) is 0 Å². The van der Waals surface area contributed by atoms with Gasteiger partial charge in [0.05, 0.1) is 17.7 Å². The first kappa shape index (κ1) is 12.3. The normalized spacial score (nSPS) is 18.6. The number of fused-ring (bicyclic) bond motifs is 1. The number of primary amides is 1. The van der Waals surface area contributed by atoms with E-state index >= 15 is 0 Å². The summed E-state index contributed by atoms with van der Waals surface area (Å²) in [6.07, 6.45) is -1.63. The van der Waals surface area contributed by atoms with Crippen LogP contribution in [0.5, 0.6) is 0 Å². The zero-order valence-corrected chi connectivity index (χ0v) is 10.5. The third-order valence-corrected chi connectivity index (χ3v) is 3.22. The highest BCUT2D eigenvalue weighted by Crippen LogP contribution is 2.25. The van der Waals surface area contributed by atoms with Crippen LogP contribution >= 0.6 is 0 Å². The summed E-state index contributed by atoms with van der Waals surface area (Å²) in [5.41, 5.74) is 6.54. The molecule has 0 spiro atoms. The molecular formula is C12H11N3O5. The Morgan fingerprint density at radius 2 is 2.15 bits per heavy atom. The van der Waals surface area contributed by atoms with Gasteiger partial charge in [-0.05, 0) is 12.1 Å². The van der Waals surface area contributed by atoms with Crippen molar-refractivity contribution in [3.05, 3.63) is 28.7 Å². The molecule has 0 radical (unpaired) electrons. The first-order valence-corrected chi connectivity index (χ1v) is 5.84. The van der Waals surface area contributed by atoms with Gasteiger partial charge >= 0.3 is 11.8 Å². The zero-order valence-electron chi connectivity index (χ0n) is 10.5. The Bertz CT molecular complexity index is 775. The van der Waals surface area contributed by atoms with Gasteiger partial charge in [-0.2, -0.15) is 0 Å². The van der Waals surface area contributed by atoms with Crippen LogP contribution in [-0.2, 0) is 16.6 Å². The van der Waals surface area contributed by atoms with Gasteiger partial charge in [-0.1, -0.05) is 0 Å². The Hall–Kier alpha value is -2.77. The van der Waals surface area contributed by atoms with Crippen LogP contribution in [0.1, 0.15) is 0 Å². The van der Waals surface area contributed by atoms with Gasteiger partial charge in [0, 0.05) is 13.1 Å². The fourth-order valence-corrected chi connectivity index (χ4v) is 2.11. The van der Waals surface area contributed by atoms with Crippen molar-refractivity contribution < 1.29 is 18.7 Å². The minimum absolute atomic E-state index is 0.0384. The highest BCUT2D eigenvalue weighted by molar-refractivity contribution is 5.96. The number of aryl methyl sites for hydroxylation is 1. The fourth-order valence-electron chi connectivity index (χ4n) is 2.11. The minimum atomic E-state index is -0.971. The van der Waals surface area contributed by atoms with Crippen molar-refractivity contribution in [2.45, 2.75) is 6.10 Å². The van der Waals surface area contributed by atoms with Crippen LogP contribution in [0.15, 0.2) is 27.4 Å². The van der Waals surface area contributed by atoms with Crippen molar-refractivity contribution in [3.63, 3.8) is 0 Å². The van der Waals surface area contributed by atoms with E-state index in [0.717, 1.165) is 0 Å². The lowest BCUT2D eigenvalue weighted by Crippen LogP contribution is -2.32. The predicted octanol–water partition coefficient (Wildman–Crippen LogP) is -0.0580. The van der Waals surface area contributed by atoms with E-state index in [1.165, 1.54) is 9.47 Å². The maximum atomic E-state index is 11.7. The number of nitrogens with zero attached hydrogens (tertiary/aromatic N) is 2. The molecule has 1 saturated heterocycles. The van der Waals surface area contributed by atoms with Crippen LogP contribution in [0, 0.1) is 0 Å². The summed E-state index contributed by atoms with van der Waals surface area (Å²) in [6.45, 7) is 0.0384. The van der Waals surface area contributed by atoms with Crippen molar-refractivity contribution in [2.24, 2.45) is 12.8 Å². The van der Waals surface area contributed by atoms with Crippen LogP contribution in [0.2, 0.25) is 0 Å². The van der Waals surface area contributed by atoms with E-state index in [2.05, 4.69) is 0 Å². The van der Waals surface area contributed by atoms with Gasteiger partial charge in [0.25, 0.3) is 5.91 Å². The largest absolute Gasteiger partial charge is 0.434 e. The van der Waals surface area contributed by atoms with Crippen LogP contribution in [0.4, 0.5) is 10.5 Å². The van der Waals surface area contributed by atoms with E-state index in [1.807, 2.05) is 0 Å². The van der Waals surface area contributed by atoms with Gasteiger partial charge in [-0.25, -0.2) is 9.59 Å². The molecule has 3 rings (SSSR count). The molecule has 0 aliphatic carbocycles. The zero-order chi connectivity index (χ0) is 14.4. The second-order valence-corrected chi connectivity index (χ2v) is 4.46. The number of oxazole rings is 1. The number of ether oxygens (including phenoxy) is 1. The van der Waals surface area contributed by atoms with E-state index in [0.29, 0.717) is 16.8 Å². The van der Waals surface area contributed by atoms with Crippen molar-refractivity contribution in [1.29, 1.82) is 0 Å². The number of benzene rings is 1. The molecule has 0 bridgehead atoms. The molecule has 1 fully saturated rings. The number of carbonyl (C=O) groups excluding carboxylic acids is 2. The molecule has 1 aromatic heterocycles. The predicted molar refractivity (Wildman–Crippen MR) is 68.3 cm³/mol. The van der Waals surface area contributed by atoms with Crippen LogP contribution in [0.25, 0.3) is 11.1 Å². The number of nitrogens with two attached hydrogens (primary N) is 1. The number of aromatic nitrogens is 1. The number of amides is 2. The molecule has 8 heteroatoms. The third kappa shape index (κ3) is 1.73. The quantitative estimate of drug-likeness (QED) is 0.827. The summed E-state index contributed by atoms with van der Waals surface area (Å²) >= 11 is 0. The molecule has 104 valence electrons. The van der Waals surface area contributed by atoms with Gasteiger partial charge in [-0.3, -0.25) is 14.3 Å². The molecule has 8 nitrogen and oxygen atoms in total. The molecule has 2 N–H and O–H groups in total. The topological polar surface area (TPSA) is 108 Å². The molecule has 2 heterocycles. The van der Waals surface area contributed by atoms with Gasteiger partial charge in [0.1, 0.15) is 0 Å². The number of anilines is 1. The molecule has 1 aliphatic rings. The Morgan fingerprint density at radius 3 is 2.80 bits per heavy atom. The first-order valence-electron chi connectivity index (χ1n) is 5.84. The second-order valence-electron chi connectivity index (χ2n) is 4.46. The Labute approximate surface area is 112 Å². The molecule has 1 aromatic carbocycles. The molecule has 1 unspecified atom stereocenters. The van der Waals surface area contributed by atoms with Crippen molar-refractivity contribution in [2.75, 3.05) is 11.4 Å². The van der Waals surface area contributed by atoms with Gasteiger partial charge in [0.15, 0.2) is 11.7 Å². The summed E-state index contributed by atoms with van der Waals surface area (Å²) in [7, 11) is 1.58. The molecule has 2 aromatic rings. The standard InChI is InChI=1S/C12H11N3O5/c1-14-7-3-2-6(4-8(7)19-11(14)17)15-5-9(10(13)16)20-12(15)18/h2-4,9H,5H2,1H3,(H2,13,16). The first-order chi connectivity index (χ1) is 9.47. The maximum Gasteiger partial charge on any atom is 0.419 e. The lowest BCUT2D eigenvalue weighted by molar-refractivity contribution is -0.124.